The first-order chi connectivity index (χ1) is 13.5. The van der Waals surface area contributed by atoms with Crippen molar-refractivity contribution in [3.8, 4) is 0 Å². The molecule has 5 rings (SSSR count). The Balaban J connectivity index is 1.47. The molecule has 9 nitrogen and oxygen atoms in total. The molecule has 2 N–H and O–H groups in total. The van der Waals surface area contributed by atoms with E-state index in [1.807, 2.05) is 30.3 Å². The minimum absolute atomic E-state index is 0.0374. The molecule has 0 aliphatic carbocycles. The Morgan fingerprint density at radius 3 is 2.86 bits per heavy atom. The molecule has 0 spiro atoms. The summed E-state index contributed by atoms with van der Waals surface area (Å²) in [4.78, 5) is 23.9. The van der Waals surface area contributed by atoms with Crippen LogP contribution in [0.5, 0.6) is 0 Å². The standard InChI is InChI=1S/C16H15BN4O5PS/c17-27(23)24-6-10-13(26-27)12(22)16(25-10)21-8-20-11-14(21)18-7-19-15(11)28-9-4-2-1-3-5-9/h1-5,7-8,10,12-13,16,22-23H,6H2/q+1/t10-,12?,13-,16-,27?/m1/s1. The van der Waals surface area contributed by atoms with Crippen molar-refractivity contribution in [3.63, 3.8) is 0 Å². The summed E-state index contributed by atoms with van der Waals surface area (Å²) in [7, 11) is 2.12. The highest BCUT2D eigenvalue weighted by atomic mass is 32.2. The molecule has 4 heterocycles. The highest BCUT2D eigenvalue weighted by molar-refractivity contribution is 7.99. The fourth-order valence-electron chi connectivity index (χ4n) is 3.29. The molecule has 2 aliphatic rings. The molecule has 28 heavy (non-hydrogen) atoms. The monoisotopic (exact) mass is 417 g/mol. The summed E-state index contributed by atoms with van der Waals surface area (Å²) < 4.78 is 17.9. The molecule has 1 aromatic carbocycles. The Bertz CT molecular complexity index is 1010. The smallest absolute Gasteiger partial charge is 0.385 e. The lowest BCUT2D eigenvalue weighted by Crippen LogP contribution is -2.40. The molecule has 2 aromatic heterocycles. The third-order valence-electron chi connectivity index (χ3n) is 4.56. The lowest BCUT2D eigenvalue weighted by atomic mass is 10.1. The van der Waals surface area contributed by atoms with Crippen molar-refractivity contribution in [1.82, 2.24) is 19.5 Å². The van der Waals surface area contributed by atoms with Gasteiger partial charge in [0.2, 0.25) is 0 Å². The number of imidazole rings is 1. The summed E-state index contributed by atoms with van der Waals surface area (Å²) in [5, 5.41) is 11.4. The van der Waals surface area contributed by atoms with E-state index in [4.69, 9.17) is 21.4 Å². The van der Waals surface area contributed by atoms with Crippen LogP contribution in [-0.4, -0.2) is 62.0 Å². The normalized spacial score (nSPS) is 32.5. The topological polar surface area (TPSA) is 112 Å². The van der Waals surface area contributed by atoms with Crippen molar-refractivity contribution >= 4 is 38.3 Å². The molecular weight excluding hydrogens is 402 g/mol. The van der Waals surface area contributed by atoms with Crippen LogP contribution < -0.4 is 0 Å². The molecule has 2 fully saturated rings. The number of hydrogen-bond donors (Lipinski definition) is 2. The molecule has 0 saturated carbocycles. The maximum absolute atomic E-state index is 10.7. The van der Waals surface area contributed by atoms with Crippen molar-refractivity contribution in [2.45, 2.75) is 34.5 Å². The first-order valence-electron chi connectivity index (χ1n) is 8.49. The maximum Gasteiger partial charge on any atom is 0.488 e. The SMILES string of the molecule is [B][P+]1(O)OC[C@H]2O[C@@H](n3cnc4c(Sc5ccccc5)ncnc43)C(O)[C@@H]2O1. The van der Waals surface area contributed by atoms with Gasteiger partial charge in [0.1, 0.15) is 35.7 Å². The first kappa shape index (κ1) is 18.4. The molecular formula is C16H15BN4O5PS+. The molecule has 142 valence electrons. The summed E-state index contributed by atoms with van der Waals surface area (Å²) in [6, 6.07) is 9.82. The lowest BCUT2D eigenvalue weighted by molar-refractivity contribution is -0.0603. The zero-order valence-electron chi connectivity index (χ0n) is 14.4. The molecule has 2 saturated heterocycles. The van der Waals surface area contributed by atoms with E-state index in [-0.39, 0.29) is 6.61 Å². The zero-order chi connectivity index (χ0) is 19.3. The second-order valence-corrected chi connectivity index (χ2v) is 9.06. The highest BCUT2D eigenvalue weighted by Gasteiger charge is 2.56. The summed E-state index contributed by atoms with van der Waals surface area (Å²) >= 11 is 1.47. The first-order valence-corrected chi connectivity index (χ1v) is 11.0. The molecule has 2 radical (unpaired) electrons. The Hall–Kier alpha value is -1.59. The van der Waals surface area contributed by atoms with E-state index in [0.717, 1.165) is 4.90 Å². The average molecular weight is 417 g/mol. The van der Waals surface area contributed by atoms with E-state index in [1.165, 1.54) is 18.1 Å². The van der Waals surface area contributed by atoms with Crippen LogP contribution in [0.25, 0.3) is 11.2 Å². The third kappa shape index (κ3) is 3.23. The van der Waals surface area contributed by atoms with Crippen LogP contribution in [0, 0.1) is 0 Å². The minimum Gasteiger partial charge on any atom is -0.385 e. The number of aliphatic hydroxyl groups excluding tert-OH is 1. The zero-order valence-corrected chi connectivity index (χ0v) is 16.1. The van der Waals surface area contributed by atoms with E-state index in [0.29, 0.717) is 16.2 Å². The maximum atomic E-state index is 10.7. The van der Waals surface area contributed by atoms with Gasteiger partial charge in [0.05, 0.1) is 6.33 Å². The number of ether oxygens (including phenoxy) is 1. The van der Waals surface area contributed by atoms with Crippen molar-refractivity contribution in [2.75, 3.05) is 6.61 Å². The van der Waals surface area contributed by atoms with E-state index in [9.17, 15) is 10.00 Å². The van der Waals surface area contributed by atoms with Gasteiger partial charge in [0.15, 0.2) is 18.0 Å². The number of aliphatic hydroxyl groups is 1. The summed E-state index contributed by atoms with van der Waals surface area (Å²) in [5.41, 5.74) is 1.12. The summed E-state index contributed by atoms with van der Waals surface area (Å²) in [6.45, 7) is 0.0374. The van der Waals surface area contributed by atoms with Gasteiger partial charge in [-0.2, -0.15) is 9.05 Å². The van der Waals surface area contributed by atoms with Crippen LogP contribution in [0.15, 0.2) is 52.9 Å². The Morgan fingerprint density at radius 1 is 1.21 bits per heavy atom. The number of aromatic nitrogens is 4. The Labute approximate surface area is 166 Å². The van der Waals surface area contributed by atoms with Crippen LogP contribution in [0.3, 0.4) is 0 Å². The van der Waals surface area contributed by atoms with Gasteiger partial charge in [-0.25, -0.2) is 19.8 Å². The fourth-order valence-corrected chi connectivity index (χ4v) is 5.18. The number of benzene rings is 1. The van der Waals surface area contributed by atoms with E-state index < -0.39 is 32.4 Å². The molecule has 2 aliphatic heterocycles. The second kappa shape index (κ2) is 7.03. The number of hydrogen-bond acceptors (Lipinski definition) is 9. The predicted molar refractivity (Wildman–Crippen MR) is 102 cm³/mol. The third-order valence-corrected chi connectivity index (χ3v) is 6.63. The summed E-state index contributed by atoms with van der Waals surface area (Å²) in [5.74, 6) is 0. The van der Waals surface area contributed by atoms with Crippen molar-refractivity contribution in [3.05, 3.63) is 43.0 Å². The Kier molecular flexibility index (Phi) is 4.63. The number of fused-ring (bicyclic) bond motifs is 2. The van der Waals surface area contributed by atoms with Crippen molar-refractivity contribution in [1.29, 1.82) is 0 Å². The largest absolute Gasteiger partial charge is 0.488 e. The highest BCUT2D eigenvalue weighted by Crippen LogP contribution is 2.58. The fraction of sp³-hybridized carbons (Fsp3) is 0.312. The molecule has 2 unspecified atom stereocenters. The summed E-state index contributed by atoms with van der Waals surface area (Å²) in [6.07, 6.45) is -0.220. The van der Waals surface area contributed by atoms with Gasteiger partial charge >= 0.3 is 15.4 Å². The quantitative estimate of drug-likeness (QED) is 0.372. The van der Waals surface area contributed by atoms with Gasteiger partial charge in [0.25, 0.3) is 0 Å². The van der Waals surface area contributed by atoms with E-state index in [1.54, 1.807) is 10.9 Å². The molecule has 0 bridgehead atoms. The van der Waals surface area contributed by atoms with Crippen molar-refractivity contribution in [2.24, 2.45) is 0 Å². The molecule has 3 aromatic rings. The van der Waals surface area contributed by atoms with Crippen molar-refractivity contribution < 1.29 is 23.8 Å². The van der Waals surface area contributed by atoms with Crippen LogP contribution in [-0.2, 0) is 13.8 Å². The Morgan fingerprint density at radius 2 is 2.04 bits per heavy atom. The van der Waals surface area contributed by atoms with Gasteiger partial charge in [-0.05, 0) is 12.1 Å². The van der Waals surface area contributed by atoms with E-state index in [2.05, 4.69) is 15.0 Å². The number of rotatable bonds is 3. The van der Waals surface area contributed by atoms with Gasteiger partial charge in [-0.3, -0.25) is 4.57 Å². The predicted octanol–water partition coefficient (Wildman–Crippen LogP) is 1.49. The second-order valence-electron chi connectivity index (χ2n) is 6.40. The van der Waals surface area contributed by atoms with Gasteiger partial charge < -0.3 is 9.84 Å². The van der Waals surface area contributed by atoms with Crippen LogP contribution >= 0.6 is 19.6 Å². The molecule has 5 atom stereocenters. The van der Waals surface area contributed by atoms with Crippen LogP contribution in [0.2, 0.25) is 0 Å². The van der Waals surface area contributed by atoms with Gasteiger partial charge in [-0.1, -0.05) is 30.0 Å². The van der Waals surface area contributed by atoms with E-state index >= 15 is 0 Å². The lowest BCUT2D eigenvalue weighted by Gasteiger charge is -2.27. The van der Waals surface area contributed by atoms with Gasteiger partial charge in [0, 0.05) is 4.90 Å². The van der Waals surface area contributed by atoms with Gasteiger partial charge in [-0.15, -0.1) is 0 Å². The number of nitrogens with zero attached hydrogens (tertiary/aromatic N) is 4. The average Bonchev–Trinajstić information content (AvgIpc) is 3.24. The minimum atomic E-state index is -3.44. The van der Waals surface area contributed by atoms with Crippen LogP contribution in [0.4, 0.5) is 0 Å². The van der Waals surface area contributed by atoms with Crippen LogP contribution in [0.1, 0.15) is 6.23 Å². The molecule has 12 heteroatoms. The molecule has 0 amide bonds.